The van der Waals surface area contributed by atoms with Crippen LogP contribution in [-0.2, 0) is 0 Å². The lowest BCUT2D eigenvalue weighted by atomic mass is 9.97. The number of rotatable bonds is 6. The van der Waals surface area contributed by atoms with E-state index in [-0.39, 0.29) is 23.0 Å². The maximum Gasteiger partial charge on any atom is 0.314 e. The van der Waals surface area contributed by atoms with Crippen molar-refractivity contribution in [1.29, 1.82) is 0 Å². The minimum atomic E-state index is -0.623. The molecule has 0 heterocycles. The molecular weight excluding hydrogens is 286 g/mol. The number of nitro benzene ring substituents is 1. The summed E-state index contributed by atoms with van der Waals surface area (Å²) < 4.78 is 5.06. The van der Waals surface area contributed by atoms with Gasteiger partial charge in [-0.3, -0.25) is 15.0 Å². The number of phenolic OH excluding ortho intramolecular Hbond substituents is 1. The third-order valence-corrected chi connectivity index (χ3v) is 3.68. The molecule has 0 saturated carbocycles. The third kappa shape index (κ3) is 3.66. The van der Waals surface area contributed by atoms with Crippen LogP contribution in [0.5, 0.6) is 11.5 Å². The number of methoxy groups -OCH3 is 1. The number of nitro groups is 1. The second-order valence-corrected chi connectivity index (χ2v) is 6.06. The van der Waals surface area contributed by atoms with Gasteiger partial charge in [-0.25, -0.2) is 0 Å². The molecule has 1 rings (SSSR count). The van der Waals surface area contributed by atoms with E-state index in [0.717, 1.165) is 6.54 Å². The Morgan fingerprint density at radius 1 is 1.45 bits per heavy atom. The second-order valence-electron chi connectivity index (χ2n) is 6.06. The van der Waals surface area contributed by atoms with Crippen LogP contribution >= 0.6 is 0 Å². The van der Waals surface area contributed by atoms with Crippen LogP contribution in [0.25, 0.3) is 0 Å². The van der Waals surface area contributed by atoms with E-state index >= 15 is 0 Å². The standard InChI is InChI=1S/C15H25N3O4/c1-6-17(15(2,3)4)12(9-16)10-7-11(18(20)21)14(19)13(8-10)22-5/h7-8,12,19H,6,9,16H2,1-5H3. The summed E-state index contributed by atoms with van der Waals surface area (Å²) in [5, 5.41) is 21.0. The normalized spacial score (nSPS) is 13.2. The molecule has 7 heteroatoms. The molecule has 1 aromatic rings. The summed E-state index contributed by atoms with van der Waals surface area (Å²) in [4.78, 5) is 12.7. The summed E-state index contributed by atoms with van der Waals surface area (Å²) in [6, 6.07) is 2.76. The van der Waals surface area contributed by atoms with E-state index in [9.17, 15) is 15.2 Å². The molecule has 0 radical (unpaired) electrons. The van der Waals surface area contributed by atoms with Gasteiger partial charge < -0.3 is 15.6 Å². The maximum atomic E-state index is 11.1. The van der Waals surface area contributed by atoms with Gasteiger partial charge in [0.05, 0.1) is 12.0 Å². The van der Waals surface area contributed by atoms with Crippen molar-refractivity contribution in [1.82, 2.24) is 4.90 Å². The van der Waals surface area contributed by atoms with Crippen LogP contribution in [0.4, 0.5) is 5.69 Å². The Morgan fingerprint density at radius 2 is 2.05 bits per heavy atom. The highest BCUT2D eigenvalue weighted by Crippen LogP contribution is 2.40. The number of benzene rings is 1. The van der Waals surface area contributed by atoms with Crippen LogP contribution < -0.4 is 10.5 Å². The van der Waals surface area contributed by atoms with Crippen LogP contribution in [-0.4, -0.2) is 40.7 Å². The average Bonchev–Trinajstić information content (AvgIpc) is 2.43. The van der Waals surface area contributed by atoms with Crippen LogP contribution in [0.3, 0.4) is 0 Å². The number of ether oxygens (including phenoxy) is 1. The van der Waals surface area contributed by atoms with Crippen LogP contribution in [0.15, 0.2) is 12.1 Å². The van der Waals surface area contributed by atoms with Gasteiger partial charge in [0.2, 0.25) is 5.75 Å². The number of nitrogens with zero attached hydrogens (tertiary/aromatic N) is 2. The highest BCUT2D eigenvalue weighted by Gasteiger charge is 2.30. The molecule has 0 aromatic heterocycles. The fourth-order valence-electron chi connectivity index (χ4n) is 2.71. The molecule has 3 N–H and O–H groups in total. The predicted molar refractivity (Wildman–Crippen MR) is 85.2 cm³/mol. The first-order chi connectivity index (χ1) is 10.2. The van der Waals surface area contributed by atoms with Crippen LogP contribution in [0.1, 0.15) is 39.3 Å². The molecule has 1 atom stereocenters. The van der Waals surface area contributed by atoms with Crippen LogP contribution in [0, 0.1) is 10.1 Å². The minimum absolute atomic E-state index is 0.0765. The van der Waals surface area contributed by atoms with Crippen molar-refractivity contribution < 1.29 is 14.8 Å². The number of likely N-dealkylation sites (N-methyl/N-ethyl adjacent to an activating group) is 1. The first kappa shape index (κ1) is 18.2. The van der Waals surface area contributed by atoms with E-state index in [0.29, 0.717) is 12.1 Å². The first-order valence-corrected chi connectivity index (χ1v) is 7.19. The number of nitrogens with two attached hydrogens (primary N) is 1. The van der Waals surface area contributed by atoms with E-state index in [1.54, 1.807) is 6.07 Å². The molecule has 0 aliphatic heterocycles. The lowest BCUT2D eigenvalue weighted by Crippen LogP contribution is -2.46. The van der Waals surface area contributed by atoms with Gasteiger partial charge in [-0.1, -0.05) is 6.92 Å². The summed E-state index contributed by atoms with van der Waals surface area (Å²) in [6.07, 6.45) is 0. The lowest BCUT2D eigenvalue weighted by molar-refractivity contribution is -0.386. The molecule has 1 unspecified atom stereocenters. The molecule has 7 nitrogen and oxygen atoms in total. The first-order valence-electron chi connectivity index (χ1n) is 7.19. The summed E-state index contributed by atoms with van der Waals surface area (Å²) in [6.45, 7) is 9.24. The quantitative estimate of drug-likeness (QED) is 0.618. The molecule has 0 bridgehead atoms. The zero-order valence-electron chi connectivity index (χ0n) is 13.8. The zero-order chi connectivity index (χ0) is 17.1. The molecule has 0 aliphatic carbocycles. The Morgan fingerprint density at radius 3 is 2.41 bits per heavy atom. The number of aromatic hydroxyl groups is 1. The molecule has 0 saturated heterocycles. The van der Waals surface area contributed by atoms with Gasteiger partial charge >= 0.3 is 5.69 Å². The van der Waals surface area contributed by atoms with Crippen molar-refractivity contribution in [2.75, 3.05) is 20.2 Å². The Balaban J connectivity index is 3.45. The minimum Gasteiger partial charge on any atom is -0.500 e. The Kier molecular flexibility index (Phi) is 5.73. The molecular formula is C15H25N3O4. The van der Waals surface area contributed by atoms with Crippen molar-refractivity contribution in [3.63, 3.8) is 0 Å². The van der Waals surface area contributed by atoms with Gasteiger partial charge in [0.15, 0.2) is 5.75 Å². The van der Waals surface area contributed by atoms with Gasteiger partial charge in [-0.15, -0.1) is 0 Å². The fraction of sp³-hybridized carbons (Fsp3) is 0.600. The van der Waals surface area contributed by atoms with Crippen molar-refractivity contribution in [3.05, 3.63) is 27.8 Å². The summed E-state index contributed by atoms with van der Waals surface area (Å²) in [5.41, 5.74) is 6.04. The van der Waals surface area contributed by atoms with Gasteiger partial charge in [0.1, 0.15) is 0 Å². The molecule has 22 heavy (non-hydrogen) atoms. The highest BCUT2D eigenvalue weighted by molar-refractivity contribution is 5.57. The van der Waals surface area contributed by atoms with Gasteiger partial charge in [-0.2, -0.15) is 0 Å². The summed E-state index contributed by atoms with van der Waals surface area (Å²) in [7, 11) is 1.36. The lowest BCUT2D eigenvalue weighted by Gasteiger charge is -2.41. The van der Waals surface area contributed by atoms with Gasteiger partial charge in [0.25, 0.3) is 0 Å². The molecule has 0 amide bonds. The van der Waals surface area contributed by atoms with Gasteiger partial charge in [-0.05, 0) is 38.9 Å². The maximum absolute atomic E-state index is 11.1. The predicted octanol–water partition coefficient (Wildman–Crippen LogP) is 2.43. The Bertz CT molecular complexity index is 540. The molecule has 0 aliphatic rings. The van der Waals surface area contributed by atoms with Crippen molar-refractivity contribution in [2.45, 2.75) is 39.3 Å². The number of phenols is 1. The Labute approximate surface area is 130 Å². The largest absolute Gasteiger partial charge is 0.500 e. The molecule has 0 fully saturated rings. The zero-order valence-corrected chi connectivity index (χ0v) is 13.8. The van der Waals surface area contributed by atoms with Gasteiger partial charge in [0, 0.05) is 24.2 Å². The summed E-state index contributed by atoms with van der Waals surface area (Å²) in [5.74, 6) is -0.390. The second kappa shape index (κ2) is 6.93. The molecule has 1 aromatic carbocycles. The van der Waals surface area contributed by atoms with E-state index in [2.05, 4.69) is 25.7 Å². The number of hydrogen-bond donors (Lipinski definition) is 2. The number of hydrogen-bond acceptors (Lipinski definition) is 6. The van der Waals surface area contributed by atoms with E-state index in [4.69, 9.17) is 10.5 Å². The monoisotopic (exact) mass is 311 g/mol. The third-order valence-electron chi connectivity index (χ3n) is 3.68. The van der Waals surface area contributed by atoms with Crippen molar-refractivity contribution in [3.8, 4) is 11.5 Å². The van der Waals surface area contributed by atoms with Crippen molar-refractivity contribution >= 4 is 5.69 Å². The smallest absolute Gasteiger partial charge is 0.314 e. The van der Waals surface area contributed by atoms with Crippen LogP contribution in [0.2, 0.25) is 0 Å². The Hall–Kier alpha value is -1.86. The van der Waals surface area contributed by atoms with E-state index < -0.39 is 10.7 Å². The topological polar surface area (TPSA) is 102 Å². The fourth-order valence-corrected chi connectivity index (χ4v) is 2.71. The highest BCUT2D eigenvalue weighted by atomic mass is 16.6. The average molecular weight is 311 g/mol. The summed E-state index contributed by atoms with van der Waals surface area (Å²) >= 11 is 0. The van der Waals surface area contributed by atoms with E-state index in [1.165, 1.54) is 13.2 Å². The SMILES string of the molecule is CCN(C(CN)c1cc(OC)c(O)c([N+](=O)[O-])c1)C(C)(C)C. The molecule has 124 valence electrons. The molecule has 0 spiro atoms. The van der Waals surface area contributed by atoms with E-state index in [1.807, 2.05) is 6.92 Å². The van der Waals surface area contributed by atoms with Crippen molar-refractivity contribution in [2.24, 2.45) is 5.73 Å².